The smallest absolute Gasteiger partial charge is 0.406 e. The number of amides is 1. The zero-order chi connectivity index (χ0) is 22.8. The number of hydrogen-bond acceptors (Lipinski definition) is 2. The fourth-order valence-corrected chi connectivity index (χ4v) is 3.59. The molecule has 2 aromatic rings. The van der Waals surface area contributed by atoms with E-state index in [2.05, 4.69) is 11.3 Å². The molecule has 0 bridgehead atoms. The lowest BCUT2D eigenvalue weighted by atomic mass is 9.98. The molecule has 1 amide bonds. The molecule has 0 spiro atoms. The summed E-state index contributed by atoms with van der Waals surface area (Å²) in [6.45, 7) is 10.7. The minimum atomic E-state index is -4.73. The maximum atomic E-state index is 13.0. The van der Waals surface area contributed by atoms with Crippen LogP contribution >= 0.6 is 0 Å². The van der Waals surface area contributed by atoms with Crippen molar-refractivity contribution in [2.24, 2.45) is 0 Å². The Balaban J connectivity index is 1.80. The first kappa shape index (κ1) is 22.4. The Hall–Kier alpha value is -3.28. The van der Waals surface area contributed by atoms with E-state index in [1.54, 1.807) is 4.90 Å². The van der Waals surface area contributed by atoms with Gasteiger partial charge in [0.05, 0.1) is 0 Å². The van der Waals surface area contributed by atoms with E-state index in [1.165, 1.54) is 24.3 Å². The molecule has 0 radical (unpaired) electrons. The molecule has 162 valence electrons. The van der Waals surface area contributed by atoms with Gasteiger partial charge in [-0.3, -0.25) is 4.79 Å². The summed E-state index contributed by atoms with van der Waals surface area (Å²) in [4.78, 5) is 14.7. The van der Waals surface area contributed by atoms with Gasteiger partial charge in [0.15, 0.2) is 0 Å². The highest BCUT2D eigenvalue weighted by Gasteiger charge is 2.32. The van der Waals surface area contributed by atoms with Crippen LogP contribution in [0.1, 0.15) is 30.5 Å². The van der Waals surface area contributed by atoms with Crippen LogP contribution in [-0.2, 0) is 11.3 Å². The number of hydrogen-bond donors (Lipinski definition) is 0. The van der Waals surface area contributed by atoms with Gasteiger partial charge in [0.1, 0.15) is 5.75 Å². The molecule has 2 aromatic carbocycles. The molecule has 1 heterocycles. The fraction of sp³-hybridized carbons (Fsp3) is 0.240. The Morgan fingerprint density at radius 3 is 2.42 bits per heavy atom. The first-order chi connectivity index (χ1) is 14.5. The van der Waals surface area contributed by atoms with Crippen LogP contribution in [0.15, 0.2) is 77.9 Å². The lowest BCUT2D eigenvalue weighted by Crippen LogP contribution is -2.24. The molecule has 0 unspecified atom stereocenters. The first-order valence-corrected chi connectivity index (χ1v) is 9.82. The predicted octanol–water partition coefficient (Wildman–Crippen LogP) is 6.21. The van der Waals surface area contributed by atoms with Crippen molar-refractivity contribution in [2.75, 3.05) is 6.54 Å². The van der Waals surface area contributed by atoms with Gasteiger partial charge < -0.3 is 9.64 Å². The fourth-order valence-electron chi connectivity index (χ4n) is 3.59. The molecule has 0 aromatic heterocycles. The molecule has 0 atom stereocenters. The minimum absolute atomic E-state index is 0.0982. The van der Waals surface area contributed by atoms with Gasteiger partial charge in [-0.1, -0.05) is 54.1 Å². The number of alkyl halides is 3. The quantitative estimate of drug-likeness (QED) is 0.531. The summed E-state index contributed by atoms with van der Waals surface area (Å²) in [5.41, 5.74) is 6.10. The van der Waals surface area contributed by atoms with E-state index < -0.39 is 6.36 Å². The Kier molecular flexibility index (Phi) is 6.39. The lowest BCUT2D eigenvalue weighted by Gasteiger charge is -2.16. The van der Waals surface area contributed by atoms with E-state index in [4.69, 9.17) is 0 Å². The Bertz CT molecular complexity index is 1060. The Morgan fingerprint density at radius 1 is 1.16 bits per heavy atom. The molecule has 3 rings (SSSR count). The first-order valence-electron chi connectivity index (χ1n) is 9.82. The Morgan fingerprint density at radius 2 is 1.84 bits per heavy atom. The van der Waals surface area contributed by atoms with Crippen LogP contribution in [0.3, 0.4) is 0 Å². The van der Waals surface area contributed by atoms with Crippen molar-refractivity contribution in [2.45, 2.75) is 33.7 Å². The van der Waals surface area contributed by atoms with E-state index in [1.807, 2.05) is 51.1 Å². The van der Waals surface area contributed by atoms with Crippen LogP contribution in [0.25, 0.3) is 5.57 Å². The van der Waals surface area contributed by atoms with Crippen molar-refractivity contribution < 1.29 is 22.7 Å². The zero-order valence-corrected chi connectivity index (χ0v) is 17.7. The monoisotopic (exact) mass is 427 g/mol. The number of nitrogens with zero attached hydrogens (tertiary/aromatic N) is 1. The summed E-state index contributed by atoms with van der Waals surface area (Å²) in [5.74, 6) is -0.386. The van der Waals surface area contributed by atoms with Gasteiger partial charge >= 0.3 is 6.36 Å². The highest BCUT2D eigenvalue weighted by atomic mass is 19.4. The maximum Gasteiger partial charge on any atom is 0.573 e. The number of allylic oxidation sites excluding steroid dienone is 3. The van der Waals surface area contributed by atoms with Gasteiger partial charge in [0, 0.05) is 18.7 Å². The molecular formula is C25H24F3NO2. The third-order valence-electron chi connectivity index (χ3n) is 4.95. The zero-order valence-electron chi connectivity index (χ0n) is 17.7. The highest BCUT2D eigenvalue weighted by molar-refractivity contribution is 6.02. The van der Waals surface area contributed by atoms with Crippen LogP contribution in [0, 0.1) is 6.92 Å². The van der Waals surface area contributed by atoms with E-state index in [9.17, 15) is 18.0 Å². The summed E-state index contributed by atoms with van der Waals surface area (Å²) >= 11 is 0. The maximum absolute atomic E-state index is 13.0. The summed E-state index contributed by atoms with van der Waals surface area (Å²) in [7, 11) is 0. The molecule has 31 heavy (non-hydrogen) atoms. The molecule has 0 N–H and O–H groups in total. The summed E-state index contributed by atoms with van der Waals surface area (Å²) in [6.07, 6.45) is -2.79. The molecule has 1 saturated heterocycles. The number of carbonyl (C=O) groups excluding carboxylic acids is 1. The van der Waals surface area contributed by atoms with Crippen molar-refractivity contribution in [1.29, 1.82) is 0 Å². The second-order valence-electron chi connectivity index (χ2n) is 7.79. The van der Waals surface area contributed by atoms with Crippen molar-refractivity contribution in [3.05, 3.63) is 94.6 Å². The lowest BCUT2D eigenvalue weighted by molar-refractivity contribution is -0.274. The summed E-state index contributed by atoms with van der Waals surface area (Å²) < 4.78 is 40.9. The molecule has 0 aliphatic carbocycles. The van der Waals surface area contributed by atoms with Crippen LogP contribution in [-0.4, -0.2) is 23.7 Å². The van der Waals surface area contributed by atoms with Gasteiger partial charge in [0.25, 0.3) is 5.91 Å². The summed E-state index contributed by atoms with van der Waals surface area (Å²) in [6, 6.07) is 13.6. The Labute approximate surface area is 180 Å². The average Bonchev–Trinajstić information content (AvgIpc) is 2.97. The normalized spacial score (nSPS) is 15.5. The van der Waals surface area contributed by atoms with Crippen LogP contribution in [0.5, 0.6) is 5.75 Å². The summed E-state index contributed by atoms with van der Waals surface area (Å²) in [5, 5.41) is 0. The minimum Gasteiger partial charge on any atom is -0.406 e. The second-order valence-corrected chi connectivity index (χ2v) is 7.79. The molecular weight excluding hydrogens is 403 g/mol. The van der Waals surface area contributed by atoms with E-state index in [-0.39, 0.29) is 18.2 Å². The molecule has 0 saturated carbocycles. The topological polar surface area (TPSA) is 29.5 Å². The van der Waals surface area contributed by atoms with Crippen LogP contribution in [0.4, 0.5) is 13.2 Å². The highest BCUT2D eigenvalue weighted by Crippen LogP contribution is 2.31. The molecule has 1 fully saturated rings. The van der Waals surface area contributed by atoms with Crippen molar-refractivity contribution >= 4 is 11.5 Å². The van der Waals surface area contributed by atoms with Crippen LogP contribution in [0.2, 0.25) is 0 Å². The van der Waals surface area contributed by atoms with E-state index in [0.717, 1.165) is 33.4 Å². The van der Waals surface area contributed by atoms with Crippen molar-refractivity contribution in [1.82, 2.24) is 4.90 Å². The third kappa shape index (κ3) is 5.66. The molecule has 1 aliphatic rings. The number of benzene rings is 2. The third-order valence-corrected chi connectivity index (χ3v) is 4.95. The number of halogens is 3. The number of carbonyl (C=O) groups is 1. The van der Waals surface area contributed by atoms with Crippen LogP contribution < -0.4 is 4.74 Å². The van der Waals surface area contributed by atoms with Gasteiger partial charge in [-0.05, 0) is 61.3 Å². The standard InChI is InChI=1S/C25H24F3NO2/c1-16(2)23-21(13-18(4)20-7-5-6-17(3)12-20)15-29(24(23)30)14-19-8-10-22(11-9-19)31-25(26,27)28/h5-13H,4,14-15H2,1-3H3/b21-13-. The van der Waals surface area contributed by atoms with Crippen molar-refractivity contribution in [3.8, 4) is 5.75 Å². The number of aryl methyl sites for hydroxylation is 1. The number of ether oxygens (including phenoxy) is 1. The molecule has 6 heteroatoms. The molecule has 1 aliphatic heterocycles. The number of rotatable bonds is 5. The second kappa shape index (κ2) is 8.84. The molecule has 3 nitrogen and oxygen atoms in total. The predicted molar refractivity (Wildman–Crippen MR) is 115 cm³/mol. The van der Waals surface area contributed by atoms with Gasteiger partial charge in [-0.15, -0.1) is 13.2 Å². The van der Waals surface area contributed by atoms with E-state index >= 15 is 0 Å². The van der Waals surface area contributed by atoms with Crippen molar-refractivity contribution in [3.63, 3.8) is 0 Å². The van der Waals surface area contributed by atoms with Gasteiger partial charge in [-0.25, -0.2) is 0 Å². The number of likely N-dealkylation sites (tertiary alicyclic amines) is 1. The largest absolute Gasteiger partial charge is 0.573 e. The average molecular weight is 427 g/mol. The van der Waals surface area contributed by atoms with Gasteiger partial charge in [0.2, 0.25) is 0 Å². The van der Waals surface area contributed by atoms with Gasteiger partial charge in [-0.2, -0.15) is 0 Å². The SMILES string of the molecule is C=C(/C=C1/CN(Cc2ccc(OC(F)(F)F)cc2)C(=O)C1=C(C)C)c1cccc(C)c1. The van der Waals surface area contributed by atoms with E-state index in [0.29, 0.717) is 12.1 Å².